The van der Waals surface area contributed by atoms with Crippen LogP contribution in [-0.2, 0) is 17.9 Å². The van der Waals surface area contributed by atoms with Crippen LogP contribution in [0.15, 0.2) is 48.5 Å². The first-order chi connectivity index (χ1) is 15.9. The van der Waals surface area contributed by atoms with E-state index >= 15 is 0 Å². The van der Waals surface area contributed by atoms with Crippen LogP contribution in [0.25, 0.3) is 11.0 Å². The van der Waals surface area contributed by atoms with Crippen molar-refractivity contribution in [2.75, 3.05) is 0 Å². The lowest BCUT2D eigenvalue weighted by Crippen LogP contribution is -2.65. The first-order valence-electron chi connectivity index (χ1n) is 12.0. The number of imidazole rings is 1. The molecule has 1 N–H and O–H groups in total. The van der Waals surface area contributed by atoms with Crippen LogP contribution in [0.3, 0.4) is 0 Å². The second kappa shape index (κ2) is 8.32. The Labute approximate surface area is 195 Å². The molecule has 0 spiro atoms. The minimum absolute atomic E-state index is 0.0772. The van der Waals surface area contributed by atoms with Crippen molar-refractivity contribution in [2.24, 2.45) is 5.92 Å². The Balaban J connectivity index is 1.56. The normalized spacial score (nSPS) is 25.2. The molecule has 0 saturated heterocycles. The van der Waals surface area contributed by atoms with E-state index in [1.54, 1.807) is 4.90 Å². The molecule has 0 bridgehead atoms. The van der Waals surface area contributed by atoms with E-state index in [4.69, 9.17) is 0 Å². The van der Waals surface area contributed by atoms with Crippen LogP contribution in [0, 0.1) is 12.8 Å². The Bertz CT molecular complexity index is 1220. The summed E-state index contributed by atoms with van der Waals surface area (Å²) < 4.78 is 1.93. The van der Waals surface area contributed by atoms with E-state index in [1.165, 1.54) is 6.42 Å². The Morgan fingerprint density at radius 3 is 2.64 bits per heavy atom. The molecule has 3 unspecified atom stereocenters. The summed E-state index contributed by atoms with van der Waals surface area (Å²) in [6.45, 7) is 6.92. The summed E-state index contributed by atoms with van der Waals surface area (Å²) in [4.78, 5) is 34.1. The highest BCUT2D eigenvalue weighted by molar-refractivity contribution is 6.01. The molecule has 2 aliphatic rings. The minimum atomic E-state index is -1.02. The van der Waals surface area contributed by atoms with Gasteiger partial charge in [-0.3, -0.25) is 9.59 Å². The SMILES string of the molecule is Cc1ccccc1CN1C(=O)c2nc3ccccc3n2CC1(C)C(=O)NC1CCCCC1C. The van der Waals surface area contributed by atoms with Crippen LogP contribution in [0.5, 0.6) is 0 Å². The van der Waals surface area contributed by atoms with Crippen LogP contribution in [0.4, 0.5) is 0 Å². The maximum atomic E-state index is 13.9. The van der Waals surface area contributed by atoms with Crippen molar-refractivity contribution < 1.29 is 9.59 Å². The number of aromatic nitrogens is 2. The van der Waals surface area contributed by atoms with Gasteiger partial charge in [-0.05, 0) is 55.9 Å². The molecular formula is C27H32N4O2. The Kier molecular flexibility index (Phi) is 5.47. The van der Waals surface area contributed by atoms with Crippen molar-refractivity contribution in [3.63, 3.8) is 0 Å². The molecule has 0 radical (unpaired) electrons. The smallest absolute Gasteiger partial charge is 0.291 e. The van der Waals surface area contributed by atoms with Gasteiger partial charge in [-0.15, -0.1) is 0 Å². The molecule has 1 fully saturated rings. The fraction of sp³-hybridized carbons (Fsp3) is 0.444. The van der Waals surface area contributed by atoms with Crippen LogP contribution < -0.4 is 5.32 Å². The molecular weight excluding hydrogens is 412 g/mol. The number of para-hydroxylation sites is 2. The number of hydrogen-bond donors (Lipinski definition) is 1. The van der Waals surface area contributed by atoms with Crippen molar-refractivity contribution >= 4 is 22.8 Å². The Morgan fingerprint density at radius 2 is 1.85 bits per heavy atom. The van der Waals surface area contributed by atoms with Gasteiger partial charge in [0.15, 0.2) is 5.82 Å². The van der Waals surface area contributed by atoms with Gasteiger partial charge < -0.3 is 14.8 Å². The van der Waals surface area contributed by atoms with Crippen molar-refractivity contribution in [2.45, 2.75) is 71.1 Å². The molecule has 3 atom stereocenters. The van der Waals surface area contributed by atoms with E-state index < -0.39 is 5.54 Å². The third kappa shape index (κ3) is 3.71. The average molecular weight is 445 g/mol. The number of amides is 2. The molecule has 5 rings (SSSR count). The number of nitrogens with zero attached hydrogens (tertiary/aromatic N) is 3. The standard InChI is InChI=1S/C27H32N4O2/c1-18-10-4-6-12-20(18)16-31-25(32)24-28-22-14-8-9-15-23(22)30(24)17-27(31,3)26(33)29-21-13-7-5-11-19(21)2/h4,6,8-10,12,14-15,19,21H,5,7,11,13,16-17H2,1-3H3,(H,29,33). The Morgan fingerprint density at radius 1 is 1.12 bits per heavy atom. The van der Waals surface area contributed by atoms with Crippen molar-refractivity contribution in [1.29, 1.82) is 0 Å². The fourth-order valence-corrected chi connectivity index (χ4v) is 5.39. The van der Waals surface area contributed by atoms with Crippen LogP contribution >= 0.6 is 0 Å². The molecule has 1 aliphatic heterocycles. The molecule has 3 aromatic rings. The number of nitrogens with one attached hydrogen (secondary N) is 1. The van der Waals surface area contributed by atoms with Crippen LogP contribution in [-0.4, -0.2) is 37.8 Å². The number of carbonyl (C=O) groups is 2. The van der Waals surface area contributed by atoms with Gasteiger partial charge in [-0.25, -0.2) is 4.98 Å². The van der Waals surface area contributed by atoms with E-state index in [9.17, 15) is 9.59 Å². The highest BCUT2D eigenvalue weighted by Gasteiger charge is 2.49. The van der Waals surface area contributed by atoms with E-state index in [1.807, 2.05) is 66.9 Å². The van der Waals surface area contributed by atoms with Gasteiger partial charge in [0.1, 0.15) is 5.54 Å². The fourth-order valence-electron chi connectivity index (χ4n) is 5.39. The van der Waals surface area contributed by atoms with E-state index in [0.29, 0.717) is 24.8 Å². The molecule has 172 valence electrons. The maximum Gasteiger partial charge on any atom is 0.291 e. The lowest BCUT2D eigenvalue weighted by atomic mass is 9.85. The number of hydrogen-bond acceptors (Lipinski definition) is 3. The second-order valence-corrected chi connectivity index (χ2v) is 9.94. The first-order valence-corrected chi connectivity index (χ1v) is 12.0. The highest BCUT2D eigenvalue weighted by Crippen LogP contribution is 2.33. The van der Waals surface area contributed by atoms with Gasteiger partial charge in [-0.1, -0.05) is 56.2 Å². The molecule has 6 heteroatoms. The zero-order valence-electron chi connectivity index (χ0n) is 19.7. The number of aryl methyl sites for hydroxylation is 1. The van der Waals surface area contributed by atoms with E-state index in [-0.39, 0.29) is 17.9 Å². The minimum Gasteiger partial charge on any atom is -0.351 e. The molecule has 1 aromatic heterocycles. The third-order valence-corrected chi connectivity index (χ3v) is 7.66. The van der Waals surface area contributed by atoms with Crippen molar-refractivity contribution in [1.82, 2.24) is 19.8 Å². The zero-order chi connectivity index (χ0) is 23.2. The van der Waals surface area contributed by atoms with E-state index in [0.717, 1.165) is 41.4 Å². The number of carbonyl (C=O) groups excluding carboxylic acids is 2. The quantitative estimate of drug-likeness (QED) is 0.646. The first kappa shape index (κ1) is 21.7. The summed E-state index contributed by atoms with van der Waals surface area (Å²) in [7, 11) is 0. The number of fused-ring (bicyclic) bond motifs is 3. The largest absolute Gasteiger partial charge is 0.351 e. The lowest BCUT2D eigenvalue weighted by Gasteiger charge is -2.45. The molecule has 2 heterocycles. The predicted molar refractivity (Wildman–Crippen MR) is 129 cm³/mol. The summed E-state index contributed by atoms with van der Waals surface area (Å²) in [6, 6.07) is 16.0. The summed E-state index contributed by atoms with van der Waals surface area (Å²) >= 11 is 0. The van der Waals surface area contributed by atoms with Gasteiger partial charge >= 0.3 is 0 Å². The third-order valence-electron chi connectivity index (χ3n) is 7.66. The second-order valence-electron chi connectivity index (χ2n) is 9.94. The van der Waals surface area contributed by atoms with Gasteiger partial charge in [0.25, 0.3) is 5.91 Å². The molecule has 6 nitrogen and oxygen atoms in total. The summed E-state index contributed by atoms with van der Waals surface area (Å²) in [5.74, 6) is 0.572. The lowest BCUT2D eigenvalue weighted by molar-refractivity contribution is -0.134. The van der Waals surface area contributed by atoms with Gasteiger partial charge in [0.2, 0.25) is 5.91 Å². The molecule has 1 saturated carbocycles. The molecule has 33 heavy (non-hydrogen) atoms. The van der Waals surface area contributed by atoms with Gasteiger partial charge in [-0.2, -0.15) is 0 Å². The predicted octanol–water partition coefficient (Wildman–Crippen LogP) is 4.45. The van der Waals surface area contributed by atoms with E-state index in [2.05, 4.69) is 17.2 Å². The topological polar surface area (TPSA) is 67.2 Å². The summed E-state index contributed by atoms with van der Waals surface area (Å²) in [6.07, 6.45) is 4.47. The average Bonchev–Trinajstić information content (AvgIpc) is 3.18. The highest BCUT2D eigenvalue weighted by atomic mass is 16.2. The molecule has 2 amide bonds. The maximum absolute atomic E-state index is 13.9. The number of benzene rings is 2. The molecule has 1 aliphatic carbocycles. The van der Waals surface area contributed by atoms with Crippen LogP contribution in [0.1, 0.15) is 61.3 Å². The summed E-state index contributed by atoms with van der Waals surface area (Å²) in [5, 5.41) is 3.33. The zero-order valence-corrected chi connectivity index (χ0v) is 19.7. The van der Waals surface area contributed by atoms with Crippen molar-refractivity contribution in [3.05, 3.63) is 65.5 Å². The van der Waals surface area contributed by atoms with Gasteiger partial charge in [0.05, 0.1) is 17.6 Å². The van der Waals surface area contributed by atoms with Crippen LogP contribution in [0.2, 0.25) is 0 Å². The monoisotopic (exact) mass is 444 g/mol. The van der Waals surface area contributed by atoms with Gasteiger partial charge in [0, 0.05) is 12.6 Å². The number of rotatable bonds is 4. The van der Waals surface area contributed by atoms with Crippen molar-refractivity contribution in [3.8, 4) is 0 Å². The molecule has 2 aromatic carbocycles. The summed E-state index contributed by atoms with van der Waals surface area (Å²) in [5.41, 5.74) is 2.80. The Hall–Kier alpha value is -3.15.